The lowest BCUT2D eigenvalue weighted by atomic mass is 10.1. The van der Waals surface area contributed by atoms with E-state index in [2.05, 4.69) is 4.72 Å². The van der Waals surface area contributed by atoms with Crippen molar-refractivity contribution in [3.05, 3.63) is 0 Å². The second-order valence-electron chi connectivity index (χ2n) is 5.52. The van der Waals surface area contributed by atoms with Crippen LogP contribution in [0.2, 0.25) is 0 Å². The van der Waals surface area contributed by atoms with Gasteiger partial charge in [0, 0.05) is 6.04 Å². The van der Waals surface area contributed by atoms with E-state index in [4.69, 9.17) is 0 Å². The molecule has 114 valence electrons. The van der Waals surface area contributed by atoms with Crippen molar-refractivity contribution < 1.29 is 21.9 Å². The third kappa shape index (κ3) is 5.37. The Morgan fingerprint density at radius 2 is 1.79 bits per heavy atom. The first-order chi connectivity index (χ1) is 8.66. The summed E-state index contributed by atoms with van der Waals surface area (Å²) in [5.74, 6) is 0.116. The van der Waals surface area contributed by atoms with E-state index < -0.39 is 31.2 Å². The summed E-state index contributed by atoms with van der Waals surface area (Å²) < 4.78 is 49.3. The molecule has 1 atom stereocenters. The summed E-state index contributed by atoms with van der Waals surface area (Å²) in [6.45, 7) is 3.65. The second kappa shape index (κ2) is 6.51. The topological polar surface area (TPSA) is 101 Å². The zero-order valence-electron chi connectivity index (χ0n) is 11.4. The molecule has 0 aromatic rings. The minimum absolute atomic E-state index is 0.0768. The van der Waals surface area contributed by atoms with Crippen LogP contribution in [0.25, 0.3) is 0 Å². The lowest BCUT2D eigenvalue weighted by Gasteiger charge is -2.25. The molecule has 0 radical (unpaired) electrons. The van der Waals surface area contributed by atoms with E-state index in [0.29, 0.717) is 6.42 Å². The van der Waals surface area contributed by atoms with Gasteiger partial charge < -0.3 is 5.11 Å². The van der Waals surface area contributed by atoms with Crippen molar-refractivity contribution in [3.8, 4) is 0 Å². The molecule has 1 aliphatic heterocycles. The van der Waals surface area contributed by atoms with E-state index in [1.54, 1.807) is 0 Å². The first kappa shape index (κ1) is 16.9. The predicted molar refractivity (Wildman–Crippen MR) is 74.1 cm³/mol. The van der Waals surface area contributed by atoms with Crippen LogP contribution >= 0.6 is 0 Å². The highest BCUT2D eigenvalue weighted by Gasteiger charge is 2.33. The van der Waals surface area contributed by atoms with E-state index in [1.165, 1.54) is 0 Å². The van der Waals surface area contributed by atoms with Crippen LogP contribution in [0.3, 0.4) is 0 Å². The number of nitrogens with one attached hydrogen (secondary N) is 1. The minimum atomic E-state index is -3.56. The average Bonchev–Trinajstić information content (AvgIpc) is 2.26. The molecule has 1 saturated heterocycles. The van der Waals surface area contributed by atoms with Gasteiger partial charge in [-0.1, -0.05) is 13.8 Å². The molecule has 0 aliphatic carbocycles. The van der Waals surface area contributed by atoms with Crippen LogP contribution in [-0.4, -0.2) is 51.3 Å². The number of aliphatic hydroxyl groups excluding tert-OH is 1. The van der Waals surface area contributed by atoms with Crippen LogP contribution < -0.4 is 4.72 Å². The molecule has 0 aromatic carbocycles. The molecule has 1 fully saturated rings. The van der Waals surface area contributed by atoms with Gasteiger partial charge in [0.25, 0.3) is 0 Å². The van der Waals surface area contributed by atoms with Crippen molar-refractivity contribution in [2.24, 2.45) is 5.92 Å². The van der Waals surface area contributed by atoms with Crippen LogP contribution in [0.4, 0.5) is 0 Å². The Morgan fingerprint density at radius 3 is 2.21 bits per heavy atom. The lowest BCUT2D eigenvalue weighted by Crippen LogP contribution is -2.45. The lowest BCUT2D eigenvalue weighted by molar-refractivity contribution is 0.239. The highest BCUT2D eigenvalue weighted by Crippen LogP contribution is 2.19. The number of aliphatic hydroxyl groups is 1. The van der Waals surface area contributed by atoms with E-state index in [1.807, 2.05) is 13.8 Å². The van der Waals surface area contributed by atoms with E-state index in [0.717, 1.165) is 0 Å². The third-order valence-corrected chi connectivity index (χ3v) is 6.97. The maximum absolute atomic E-state index is 12.1. The molecule has 19 heavy (non-hydrogen) atoms. The quantitative estimate of drug-likeness (QED) is 0.712. The number of sulfonamides is 1. The van der Waals surface area contributed by atoms with Gasteiger partial charge in [0.1, 0.15) is 9.84 Å². The zero-order chi connectivity index (χ0) is 14.7. The molecular formula is C11H23NO5S2. The largest absolute Gasteiger partial charge is 0.395 e. The predicted octanol–water partition coefficient (Wildman–Crippen LogP) is -0.110. The van der Waals surface area contributed by atoms with Gasteiger partial charge in [-0.25, -0.2) is 21.6 Å². The standard InChI is InChI=1S/C11H23NO5S2/c1-9(2)7-10(8-13)12-19(16,17)11-3-5-18(14,15)6-4-11/h9-13H,3-8H2,1-2H3. The molecule has 1 rings (SSSR count). The fourth-order valence-electron chi connectivity index (χ4n) is 2.24. The Labute approximate surface area is 115 Å². The summed E-state index contributed by atoms with van der Waals surface area (Å²) in [6.07, 6.45) is 0.829. The van der Waals surface area contributed by atoms with Gasteiger partial charge >= 0.3 is 0 Å². The summed E-state index contributed by atoms with van der Waals surface area (Å²) in [5.41, 5.74) is 0. The van der Waals surface area contributed by atoms with Crippen LogP contribution in [0.15, 0.2) is 0 Å². The normalized spacial score (nSPS) is 22.5. The Kier molecular flexibility index (Phi) is 5.78. The van der Waals surface area contributed by atoms with Gasteiger partial charge in [0.15, 0.2) is 0 Å². The maximum Gasteiger partial charge on any atom is 0.214 e. The first-order valence-corrected chi connectivity index (χ1v) is 9.85. The molecule has 0 spiro atoms. The molecular weight excluding hydrogens is 290 g/mol. The van der Waals surface area contributed by atoms with E-state index in [9.17, 15) is 21.9 Å². The van der Waals surface area contributed by atoms with Crippen molar-refractivity contribution in [3.63, 3.8) is 0 Å². The monoisotopic (exact) mass is 313 g/mol. The summed E-state index contributed by atoms with van der Waals surface area (Å²) >= 11 is 0. The Bertz CT molecular complexity index is 469. The van der Waals surface area contributed by atoms with Gasteiger partial charge in [-0.15, -0.1) is 0 Å². The second-order valence-corrected chi connectivity index (χ2v) is 9.82. The number of hydrogen-bond acceptors (Lipinski definition) is 5. The average molecular weight is 313 g/mol. The van der Waals surface area contributed by atoms with Crippen molar-refractivity contribution in [1.29, 1.82) is 0 Å². The van der Waals surface area contributed by atoms with Gasteiger partial charge in [-0.05, 0) is 25.2 Å². The Morgan fingerprint density at radius 1 is 1.26 bits per heavy atom. The van der Waals surface area contributed by atoms with Crippen LogP contribution in [0.5, 0.6) is 0 Å². The van der Waals surface area contributed by atoms with Crippen molar-refractivity contribution in [1.82, 2.24) is 4.72 Å². The van der Waals surface area contributed by atoms with Gasteiger partial charge in [0.2, 0.25) is 10.0 Å². The fraction of sp³-hybridized carbons (Fsp3) is 1.00. The molecule has 1 aliphatic rings. The summed E-state index contributed by atoms with van der Waals surface area (Å²) in [4.78, 5) is 0. The molecule has 0 saturated carbocycles. The zero-order valence-corrected chi connectivity index (χ0v) is 13.0. The van der Waals surface area contributed by atoms with E-state index >= 15 is 0 Å². The molecule has 6 nitrogen and oxygen atoms in total. The molecule has 1 unspecified atom stereocenters. The highest BCUT2D eigenvalue weighted by atomic mass is 32.2. The number of hydrogen-bond donors (Lipinski definition) is 2. The van der Waals surface area contributed by atoms with Crippen LogP contribution in [-0.2, 0) is 19.9 Å². The van der Waals surface area contributed by atoms with E-state index in [-0.39, 0.29) is 36.9 Å². The summed E-state index contributed by atoms with van der Waals surface area (Å²) in [7, 11) is -6.64. The first-order valence-electron chi connectivity index (χ1n) is 6.48. The Hall–Kier alpha value is -0.180. The fourth-order valence-corrected chi connectivity index (χ4v) is 5.71. The molecule has 0 bridgehead atoms. The van der Waals surface area contributed by atoms with Gasteiger partial charge in [-0.2, -0.15) is 0 Å². The van der Waals surface area contributed by atoms with Crippen LogP contribution in [0, 0.1) is 5.92 Å². The van der Waals surface area contributed by atoms with Crippen molar-refractivity contribution in [2.45, 2.75) is 44.4 Å². The number of sulfone groups is 1. The molecule has 1 heterocycles. The summed E-state index contributed by atoms with van der Waals surface area (Å²) in [6, 6.07) is -0.497. The molecule has 8 heteroatoms. The summed E-state index contributed by atoms with van der Waals surface area (Å²) in [5, 5.41) is 8.53. The molecule has 0 amide bonds. The van der Waals surface area contributed by atoms with Gasteiger partial charge in [-0.3, -0.25) is 0 Å². The smallest absolute Gasteiger partial charge is 0.214 e. The van der Waals surface area contributed by atoms with Crippen molar-refractivity contribution >= 4 is 19.9 Å². The maximum atomic E-state index is 12.1. The SMILES string of the molecule is CC(C)CC(CO)NS(=O)(=O)C1CCS(=O)(=O)CC1. The molecule has 0 aromatic heterocycles. The number of rotatable bonds is 6. The highest BCUT2D eigenvalue weighted by molar-refractivity contribution is 7.92. The van der Waals surface area contributed by atoms with Crippen molar-refractivity contribution in [2.75, 3.05) is 18.1 Å². The molecule has 2 N–H and O–H groups in total. The van der Waals surface area contributed by atoms with Crippen LogP contribution in [0.1, 0.15) is 33.1 Å². The third-order valence-electron chi connectivity index (χ3n) is 3.25. The minimum Gasteiger partial charge on any atom is -0.395 e. The van der Waals surface area contributed by atoms with Gasteiger partial charge in [0.05, 0.1) is 23.4 Å². The Balaban J connectivity index is 2.65.